The zero-order valence-corrected chi connectivity index (χ0v) is 5.60. The van der Waals surface area contributed by atoms with Gasteiger partial charge in [0.25, 0.3) is 11.8 Å². The Balaban J connectivity index is 0.000000810. The summed E-state index contributed by atoms with van der Waals surface area (Å²) in [6.45, 7) is 1.84. The molecule has 0 fully saturated rings. The second-order valence-electron chi connectivity index (χ2n) is 1.84. The van der Waals surface area contributed by atoms with Crippen molar-refractivity contribution in [2.75, 3.05) is 0 Å². The maximum Gasteiger partial charge on any atom is 0.254 e. The fourth-order valence-electron chi connectivity index (χ4n) is 0.715. The van der Waals surface area contributed by atoms with Crippen LogP contribution in [0.3, 0.4) is 0 Å². The number of hydrogen-bond donors (Lipinski definition) is 1. The van der Waals surface area contributed by atoms with Crippen LogP contribution in [0.25, 0.3) is 0 Å². The van der Waals surface area contributed by atoms with Crippen molar-refractivity contribution in [1.82, 2.24) is 5.32 Å². The second kappa shape index (κ2) is 3.12. The van der Waals surface area contributed by atoms with Gasteiger partial charge in [0.1, 0.15) is 0 Å². The molecule has 4 heteroatoms. The normalized spacial score (nSPS) is 15.9. The lowest BCUT2D eigenvalue weighted by atomic mass is 10.2. The summed E-state index contributed by atoms with van der Waals surface area (Å²) >= 11 is 0. The lowest BCUT2D eigenvalue weighted by Gasteiger charge is -1.89. The van der Waals surface area contributed by atoms with Crippen LogP contribution in [0.1, 0.15) is 13.3 Å². The van der Waals surface area contributed by atoms with Crippen molar-refractivity contribution in [3.8, 4) is 0 Å². The number of amides is 2. The third-order valence-electron chi connectivity index (χ3n) is 1.21. The van der Waals surface area contributed by atoms with Crippen LogP contribution in [0, 0.1) is 0 Å². The van der Waals surface area contributed by atoms with Crippen molar-refractivity contribution >= 4 is 11.8 Å². The molecule has 56 valence electrons. The summed E-state index contributed by atoms with van der Waals surface area (Å²) in [4.78, 5) is 21.0. The van der Waals surface area contributed by atoms with E-state index in [4.69, 9.17) is 0 Å². The number of imide groups is 1. The highest BCUT2D eigenvalue weighted by molar-refractivity contribution is 6.16. The Morgan fingerprint density at radius 3 is 2.30 bits per heavy atom. The lowest BCUT2D eigenvalue weighted by molar-refractivity contribution is -0.123. The first-order valence-electron chi connectivity index (χ1n) is 2.80. The van der Waals surface area contributed by atoms with E-state index in [0.717, 1.165) is 0 Å². The molecule has 0 bridgehead atoms. The van der Waals surface area contributed by atoms with Crippen molar-refractivity contribution in [2.45, 2.75) is 13.3 Å². The predicted octanol–water partition coefficient (Wildman–Crippen LogP) is -0.846. The zero-order chi connectivity index (χ0) is 6.85. The van der Waals surface area contributed by atoms with Gasteiger partial charge in [-0.2, -0.15) is 0 Å². The third-order valence-corrected chi connectivity index (χ3v) is 1.21. The topological polar surface area (TPSA) is 77.7 Å². The van der Waals surface area contributed by atoms with E-state index in [0.29, 0.717) is 12.0 Å². The van der Waals surface area contributed by atoms with Crippen molar-refractivity contribution in [3.63, 3.8) is 0 Å². The molecule has 0 saturated carbocycles. The van der Waals surface area contributed by atoms with Gasteiger partial charge in [-0.15, -0.1) is 0 Å². The Labute approximate surface area is 58.2 Å². The first-order valence-corrected chi connectivity index (χ1v) is 2.80. The zero-order valence-electron chi connectivity index (χ0n) is 5.60. The number of carbonyl (C=O) groups excluding carboxylic acids is 2. The number of nitrogens with one attached hydrogen (secondary N) is 1. The van der Waals surface area contributed by atoms with Gasteiger partial charge in [0.05, 0.1) is 0 Å². The van der Waals surface area contributed by atoms with E-state index in [1.54, 1.807) is 0 Å². The van der Waals surface area contributed by atoms with E-state index in [2.05, 4.69) is 5.32 Å². The molecule has 0 aromatic carbocycles. The molecule has 0 spiro atoms. The van der Waals surface area contributed by atoms with E-state index in [9.17, 15) is 9.59 Å². The first-order chi connectivity index (χ1) is 4.24. The van der Waals surface area contributed by atoms with Gasteiger partial charge in [-0.3, -0.25) is 14.9 Å². The molecule has 0 radical (unpaired) electrons. The largest absolute Gasteiger partial charge is 0.412 e. The summed E-state index contributed by atoms with van der Waals surface area (Å²) in [5, 5.41) is 2.15. The van der Waals surface area contributed by atoms with Crippen LogP contribution >= 0.6 is 0 Å². The average Bonchev–Trinajstić information content (AvgIpc) is 2.10. The van der Waals surface area contributed by atoms with Gasteiger partial charge in [0, 0.05) is 11.6 Å². The number of rotatable bonds is 1. The molecule has 2 amide bonds. The minimum atomic E-state index is -0.295. The van der Waals surface area contributed by atoms with Crippen LogP contribution in [-0.2, 0) is 9.59 Å². The molecule has 0 saturated heterocycles. The molecule has 1 rings (SSSR count). The quantitative estimate of drug-likeness (QED) is 0.485. The molecule has 3 N–H and O–H groups in total. The SMILES string of the molecule is CCC1=CC(=O)NC1=O.O. The van der Waals surface area contributed by atoms with Crippen molar-refractivity contribution < 1.29 is 15.1 Å². The smallest absolute Gasteiger partial charge is 0.254 e. The van der Waals surface area contributed by atoms with Crippen molar-refractivity contribution in [3.05, 3.63) is 11.6 Å². The molecular weight excluding hydrogens is 134 g/mol. The Hall–Kier alpha value is -1.16. The fraction of sp³-hybridized carbons (Fsp3) is 0.333. The number of carbonyl (C=O) groups is 2. The van der Waals surface area contributed by atoms with Gasteiger partial charge in [-0.05, 0) is 6.42 Å². The van der Waals surface area contributed by atoms with Gasteiger partial charge in [0.2, 0.25) is 0 Å². The molecule has 0 aromatic heterocycles. The van der Waals surface area contributed by atoms with Crippen LogP contribution in [0.15, 0.2) is 11.6 Å². The van der Waals surface area contributed by atoms with Gasteiger partial charge < -0.3 is 5.48 Å². The van der Waals surface area contributed by atoms with E-state index in [1.165, 1.54) is 6.08 Å². The molecule has 0 unspecified atom stereocenters. The van der Waals surface area contributed by atoms with Gasteiger partial charge in [-0.1, -0.05) is 6.92 Å². The molecule has 1 heterocycles. The molecule has 0 atom stereocenters. The highest BCUT2D eigenvalue weighted by Crippen LogP contribution is 2.04. The maximum atomic E-state index is 10.6. The van der Waals surface area contributed by atoms with Gasteiger partial charge in [-0.25, -0.2) is 0 Å². The summed E-state index contributed by atoms with van der Waals surface area (Å²) in [5.41, 5.74) is 0.569. The van der Waals surface area contributed by atoms with Crippen LogP contribution in [-0.4, -0.2) is 17.3 Å². The molecule has 0 aliphatic carbocycles. The monoisotopic (exact) mass is 143 g/mol. The summed E-state index contributed by atoms with van der Waals surface area (Å²) in [6, 6.07) is 0. The Bertz CT molecular complexity index is 195. The Morgan fingerprint density at radius 1 is 1.50 bits per heavy atom. The van der Waals surface area contributed by atoms with E-state index in [-0.39, 0.29) is 17.3 Å². The summed E-state index contributed by atoms with van der Waals surface area (Å²) in [7, 11) is 0. The number of hydrogen-bond acceptors (Lipinski definition) is 2. The second-order valence-corrected chi connectivity index (χ2v) is 1.84. The Morgan fingerprint density at radius 2 is 2.10 bits per heavy atom. The molecule has 1 aliphatic rings. The third kappa shape index (κ3) is 1.41. The van der Waals surface area contributed by atoms with Crippen LogP contribution in [0.2, 0.25) is 0 Å². The molecule has 4 nitrogen and oxygen atoms in total. The first kappa shape index (κ1) is 8.84. The summed E-state index contributed by atoms with van der Waals surface area (Å²) in [5.74, 6) is -0.542. The van der Waals surface area contributed by atoms with Crippen LogP contribution < -0.4 is 5.32 Å². The van der Waals surface area contributed by atoms with Crippen molar-refractivity contribution in [2.24, 2.45) is 0 Å². The van der Waals surface area contributed by atoms with E-state index in [1.807, 2.05) is 6.92 Å². The summed E-state index contributed by atoms with van der Waals surface area (Å²) < 4.78 is 0. The predicted molar refractivity (Wildman–Crippen MR) is 35.1 cm³/mol. The molecule has 1 aliphatic heterocycles. The van der Waals surface area contributed by atoms with Crippen molar-refractivity contribution in [1.29, 1.82) is 0 Å². The maximum absolute atomic E-state index is 10.6. The van der Waals surface area contributed by atoms with Crippen LogP contribution in [0.5, 0.6) is 0 Å². The standard InChI is InChI=1S/C6H7NO2.H2O/c1-2-4-3-5(8)7-6(4)9;/h3H,2H2,1H3,(H,7,8,9);1H2. The minimum Gasteiger partial charge on any atom is -0.412 e. The molecule has 0 aromatic rings. The highest BCUT2D eigenvalue weighted by Gasteiger charge is 2.17. The Kier molecular flexibility index (Phi) is 2.76. The van der Waals surface area contributed by atoms with Gasteiger partial charge in [0.15, 0.2) is 0 Å². The summed E-state index contributed by atoms with van der Waals surface area (Å²) in [6.07, 6.45) is 1.96. The molecule has 10 heavy (non-hydrogen) atoms. The van der Waals surface area contributed by atoms with Gasteiger partial charge >= 0.3 is 0 Å². The van der Waals surface area contributed by atoms with E-state index < -0.39 is 0 Å². The highest BCUT2D eigenvalue weighted by atomic mass is 16.2. The van der Waals surface area contributed by atoms with E-state index >= 15 is 0 Å². The van der Waals surface area contributed by atoms with Crippen LogP contribution in [0.4, 0.5) is 0 Å². The lowest BCUT2D eigenvalue weighted by Crippen LogP contribution is -2.21. The average molecular weight is 143 g/mol. The molecular formula is C6H9NO3. The minimum absolute atomic E-state index is 0. The fourth-order valence-corrected chi connectivity index (χ4v) is 0.715.